The molecule has 1 aliphatic rings. The van der Waals surface area contributed by atoms with Crippen LogP contribution in [0.3, 0.4) is 0 Å². The van der Waals surface area contributed by atoms with Gasteiger partial charge in [0.25, 0.3) is 10.0 Å². The van der Waals surface area contributed by atoms with E-state index in [0.717, 1.165) is 0 Å². The maximum absolute atomic E-state index is 12.4. The topological polar surface area (TPSA) is 127 Å². The summed E-state index contributed by atoms with van der Waals surface area (Å²) in [6.07, 6.45) is 2.14. The lowest BCUT2D eigenvalue weighted by molar-refractivity contribution is -0.118. The lowest BCUT2D eigenvalue weighted by Gasteiger charge is -2.11. The molecule has 152 valence electrons. The first-order chi connectivity index (χ1) is 14.4. The lowest BCUT2D eigenvalue weighted by Crippen LogP contribution is -2.17. The van der Waals surface area contributed by atoms with Crippen LogP contribution in [0.1, 0.15) is 28.4 Å². The Labute approximate surface area is 172 Å². The number of nitrogens with one attached hydrogen (secondary N) is 2. The second-order valence-corrected chi connectivity index (χ2v) is 8.12. The molecule has 0 aliphatic carbocycles. The summed E-state index contributed by atoms with van der Waals surface area (Å²) in [4.78, 5) is 31.8. The lowest BCUT2D eigenvalue weighted by atomic mass is 10.0. The van der Waals surface area contributed by atoms with Gasteiger partial charge in [0.1, 0.15) is 6.10 Å². The zero-order valence-corrected chi connectivity index (χ0v) is 16.3. The third kappa shape index (κ3) is 4.13. The highest BCUT2D eigenvalue weighted by Crippen LogP contribution is 2.33. The van der Waals surface area contributed by atoms with Gasteiger partial charge in [-0.25, -0.2) is 27.9 Å². The van der Waals surface area contributed by atoms with E-state index in [0.29, 0.717) is 16.8 Å². The highest BCUT2D eigenvalue weighted by Gasteiger charge is 2.32. The number of hydrogen-bond donors (Lipinski definition) is 2. The molecule has 2 heterocycles. The minimum Gasteiger partial charge on any atom is -0.453 e. The molecule has 1 atom stereocenters. The molecule has 30 heavy (non-hydrogen) atoms. The van der Waals surface area contributed by atoms with Crippen LogP contribution in [0.5, 0.6) is 0 Å². The molecule has 0 fully saturated rings. The van der Waals surface area contributed by atoms with Crippen molar-refractivity contribution in [1.29, 1.82) is 0 Å². The molecule has 3 aromatic rings. The van der Waals surface area contributed by atoms with E-state index >= 15 is 0 Å². The van der Waals surface area contributed by atoms with Crippen LogP contribution in [0.4, 0.5) is 11.6 Å². The first kappa shape index (κ1) is 19.5. The van der Waals surface area contributed by atoms with Gasteiger partial charge in [-0.15, -0.1) is 0 Å². The summed E-state index contributed by atoms with van der Waals surface area (Å²) in [5.74, 6) is -0.856. The molecule has 9 nitrogen and oxygen atoms in total. The van der Waals surface area contributed by atoms with Crippen molar-refractivity contribution in [3.05, 3.63) is 78.1 Å². The molecule has 0 saturated heterocycles. The highest BCUT2D eigenvalue weighted by molar-refractivity contribution is 7.92. The van der Waals surface area contributed by atoms with E-state index in [4.69, 9.17) is 4.74 Å². The summed E-state index contributed by atoms with van der Waals surface area (Å²) < 4.78 is 32.3. The second kappa shape index (κ2) is 7.91. The van der Waals surface area contributed by atoms with Crippen molar-refractivity contribution < 1.29 is 22.7 Å². The molecule has 10 heteroatoms. The van der Waals surface area contributed by atoms with Gasteiger partial charge in [-0.1, -0.05) is 18.2 Å². The van der Waals surface area contributed by atoms with Gasteiger partial charge in [0, 0.05) is 23.6 Å². The molecule has 0 unspecified atom stereocenters. The molecule has 0 bridgehead atoms. The number of carbonyl (C=O) groups excluding carboxylic acids is 2. The molecule has 0 spiro atoms. The predicted molar refractivity (Wildman–Crippen MR) is 107 cm³/mol. The van der Waals surface area contributed by atoms with Crippen molar-refractivity contribution in [2.45, 2.75) is 17.4 Å². The Hall–Kier alpha value is -3.79. The largest absolute Gasteiger partial charge is 0.453 e. The van der Waals surface area contributed by atoms with E-state index in [9.17, 15) is 18.0 Å². The Balaban J connectivity index is 1.40. The van der Waals surface area contributed by atoms with E-state index in [1.807, 2.05) is 0 Å². The number of anilines is 2. The van der Waals surface area contributed by atoms with Crippen molar-refractivity contribution in [2.24, 2.45) is 0 Å². The monoisotopic (exact) mass is 424 g/mol. The van der Waals surface area contributed by atoms with Gasteiger partial charge in [-0.3, -0.25) is 4.79 Å². The number of nitrogens with zero attached hydrogens (tertiary/aromatic N) is 2. The number of benzene rings is 2. The summed E-state index contributed by atoms with van der Waals surface area (Å²) >= 11 is 0. The number of cyclic esters (lactones) is 1. The normalized spacial score (nSPS) is 15.2. The smallest absolute Gasteiger partial charge is 0.339 e. The quantitative estimate of drug-likeness (QED) is 0.582. The number of hydrogen-bond acceptors (Lipinski definition) is 7. The second-order valence-electron chi connectivity index (χ2n) is 6.44. The van der Waals surface area contributed by atoms with Gasteiger partial charge in [0.15, 0.2) is 0 Å². The Morgan fingerprint density at radius 3 is 2.43 bits per heavy atom. The van der Waals surface area contributed by atoms with E-state index < -0.39 is 22.1 Å². The van der Waals surface area contributed by atoms with Crippen molar-refractivity contribution in [1.82, 2.24) is 9.97 Å². The van der Waals surface area contributed by atoms with Gasteiger partial charge < -0.3 is 10.1 Å². The van der Waals surface area contributed by atoms with Gasteiger partial charge >= 0.3 is 5.97 Å². The SMILES string of the molecule is O=C(C[C@H]1OC(=O)c2ccccc21)Nc1ccc(S(=O)(=O)Nc2ncccn2)cc1. The van der Waals surface area contributed by atoms with Crippen molar-refractivity contribution in [3.63, 3.8) is 0 Å². The fraction of sp³-hybridized carbons (Fsp3) is 0.100. The van der Waals surface area contributed by atoms with Crippen LogP contribution >= 0.6 is 0 Å². The first-order valence-electron chi connectivity index (χ1n) is 8.92. The standard InChI is InChI=1S/C20H16N4O5S/c25-18(12-17-15-4-1-2-5-16(15)19(26)29-17)23-13-6-8-14(9-7-13)30(27,28)24-20-21-10-3-11-22-20/h1-11,17H,12H2,(H,23,25)(H,21,22,24)/t17-/m1/s1. The average molecular weight is 424 g/mol. The number of ether oxygens (including phenoxy) is 1. The van der Waals surface area contributed by atoms with E-state index in [1.165, 1.54) is 36.7 Å². The summed E-state index contributed by atoms with van der Waals surface area (Å²) in [7, 11) is -3.86. The molecule has 0 saturated carbocycles. The maximum atomic E-state index is 12.4. The third-order valence-electron chi connectivity index (χ3n) is 4.39. The molecule has 1 aliphatic heterocycles. The summed E-state index contributed by atoms with van der Waals surface area (Å²) in [5, 5.41) is 2.67. The fourth-order valence-electron chi connectivity index (χ4n) is 3.00. The van der Waals surface area contributed by atoms with Crippen molar-refractivity contribution >= 4 is 33.5 Å². The Morgan fingerprint density at radius 1 is 1.00 bits per heavy atom. The van der Waals surface area contributed by atoms with Crippen LogP contribution in [0.25, 0.3) is 0 Å². The van der Waals surface area contributed by atoms with E-state index in [2.05, 4.69) is 20.0 Å². The number of esters is 1. The molecular formula is C20H16N4O5S. The number of carbonyl (C=O) groups is 2. The van der Waals surface area contributed by atoms with Crippen LogP contribution in [0.2, 0.25) is 0 Å². The Bertz CT molecular complexity index is 1200. The van der Waals surface area contributed by atoms with Gasteiger partial charge in [-0.2, -0.15) is 0 Å². The number of amides is 1. The average Bonchev–Trinajstić information content (AvgIpc) is 3.04. The molecular weight excluding hydrogens is 408 g/mol. The zero-order valence-electron chi connectivity index (χ0n) is 15.5. The van der Waals surface area contributed by atoms with Crippen LogP contribution < -0.4 is 10.0 Å². The van der Waals surface area contributed by atoms with Crippen LogP contribution in [-0.2, 0) is 19.6 Å². The van der Waals surface area contributed by atoms with Crippen LogP contribution in [0.15, 0.2) is 71.9 Å². The summed E-state index contributed by atoms with van der Waals surface area (Å²) in [5.41, 5.74) is 1.54. The van der Waals surface area contributed by atoms with Crippen molar-refractivity contribution in [3.8, 4) is 0 Å². The van der Waals surface area contributed by atoms with Crippen LogP contribution in [-0.4, -0.2) is 30.3 Å². The maximum Gasteiger partial charge on any atom is 0.339 e. The van der Waals surface area contributed by atoms with Crippen LogP contribution in [0, 0.1) is 0 Å². The molecule has 2 aromatic carbocycles. The van der Waals surface area contributed by atoms with Gasteiger partial charge in [0.2, 0.25) is 11.9 Å². The predicted octanol–water partition coefficient (Wildman–Crippen LogP) is 2.52. The minimum atomic E-state index is -3.86. The number of sulfonamides is 1. The Morgan fingerprint density at radius 2 is 1.70 bits per heavy atom. The fourth-order valence-corrected chi connectivity index (χ4v) is 3.96. The van der Waals surface area contributed by atoms with Gasteiger partial charge in [0.05, 0.1) is 16.9 Å². The number of fused-ring (bicyclic) bond motifs is 1. The molecule has 0 radical (unpaired) electrons. The third-order valence-corrected chi connectivity index (χ3v) is 5.73. The molecule has 2 N–H and O–H groups in total. The van der Waals surface area contributed by atoms with Gasteiger partial charge in [-0.05, 0) is 36.4 Å². The summed E-state index contributed by atoms with van der Waals surface area (Å²) in [6.45, 7) is 0. The number of aromatic nitrogens is 2. The molecule has 4 rings (SSSR count). The first-order valence-corrected chi connectivity index (χ1v) is 10.4. The minimum absolute atomic E-state index is 0.00778. The number of rotatable bonds is 6. The molecule has 1 amide bonds. The molecule has 1 aromatic heterocycles. The van der Waals surface area contributed by atoms with Crippen molar-refractivity contribution in [2.75, 3.05) is 10.0 Å². The summed E-state index contributed by atoms with van der Waals surface area (Å²) in [6, 6.07) is 14.1. The Kier molecular flexibility index (Phi) is 5.15. The zero-order chi connectivity index (χ0) is 21.1. The van der Waals surface area contributed by atoms with E-state index in [1.54, 1.807) is 30.3 Å². The van der Waals surface area contributed by atoms with E-state index in [-0.39, 0.29) is 23.2 Å². The highest BCUT2D eigenvalue weighted by atomic mass is 32.2.